The van der Waals surface area contributed by atoms with Gasteiger partial charge in [0, 0.05) is 12.1 Å². The van der Waals surface area contributed by atoms with Crippen LogP contribution in [0.25, 0.3) is 6.08 Å². The lowest BCUT2D eigenvalue weighted by Gasteiger charge is -2.19. The van der Waals surface area contributed by atoms with Crippen molar-refractivity contribution in [3.63, 3.8) is 0 Å². The molecule has 6 heteroatoms. The molecule has 0 unspecified atom stereocenters. The molecule has 0 aliphatic heterocycles. The Morgan fingerprint density at radius 1 is 1.46 bits per heavy atom. The number of methoxy groups -OCH3 is 1. The molecule has 1 atom stereocenters. The fourth-order valence-corrected chi connectivity index (χ4v) is 2.66. The van der Waals surface area contributed by atoms with E-state index in [2.05, 4.69) is 5.10 Å². The van der Waals surface area contributed by atoms with Gasteiger partial charge in [-0.15, -0.1) is 0 Å². The van der Waals surface area contributed by atoms with E-state index in [0.717, 1.165) is 18.4 Å². The van der Waals surface area contributed by atoms with E-state index in [-0.39, 0.29) is 11.5 Å². The third-order valence-electron chi connectivity index (χ3n) is 3.99. The summed E-state index contributed by atoms with van der Waals surface area (Å²) in [5.74, 6) is 0.160. The van der Waals surface area contributed by atoms with Gasteiger partial charge >= 0.3 is 5.97 Å². The van der Waals surface area contributed by atoms with Crippen LogP contribution in [-0.4, -0.2) is 29.5 Å². The third kappa shape index (κ3) is 4.46. The lowest BCUT2D eigenvalue weighted by atomic mass is 10.0. The largest absolute Gasteiger partial charge is 0.501 e. The van der Waals surface area contributed by atoms with Gasteiger partial charge in [-0.25, -0.2) is 9.48 Å². The molecule has 1 heterocycles. The van der Waals surface area contributed by atoms with Gasteiger partial charge in [0.25, 0.3) is 5.56 Å². The summed E-state index contributed by atoms with van der Waals surface area (Å²) >= 11 is 0. The molecule has 1 aliphatic carbocycles. The number of rotatable bonds is 8. The molecule has 1 aromatic heterocycles. The molecule has 0 saturated heterocycles. The Balaban J connectivity index is 2.45. The molecule has 2 rings (SSSR count). The van der Waals surface area contributed by atoms with Gasteiger partial charge in [-0.3, -0.25) is 4.79 Å². The lowest BCUT2D eigenvalue weighted by Crippen LogP contribution is -2.34. The molecule has 0 spiro atoms. The zero-order chi connectivity index (χ0) is 17.7. The van der Waals surface area contributed by atoms with Crippen LogP contribution < -0.4 is 5.56 Å². The second kappa shape index (κ2) is 8.13. The van der Waals surface area contributed by atoms with Crippen molar-refractivity contribution in [2.45, 2.75) is 52.0 Å². The highest BCUT2D eigenvalue weighted by molar-refractivity contribution is 5.74. The minimum atomic E-state index is -0.713. The quantitative estimate of drug-likeness (QED) is 0.540. The van der Waals surface area contributed by atoms with Crippen molar-refractivity contribution in [1.82, 2.24) is 9.78 Å². The molecule has 0 aromatic carbocycles. The first-order valence-corrected chi connectivity index (χ1v) is 8.47. The first kappa shape index (κ1) is 18.2. The van der Waals surface area contributed by atoms with Crippen LogP contribution in [0.3, 0.4) is 0 Å². The maximum Gasteiger partial charge on any atom is 0.330 e. The highest BCUT2D eigenvalue weighted by Crippen LogP contribution is 2.41. The Kier molecular flexibility index (Phi) is 6.17. The van der Waals surface area contributed by atoms with E-state index in [9.17, 15) is 9.59 Å². The smallest absolute Gasteiger partial charge is 0.330 e. The molecular formula is C18H26N2O4. The van der Waals surface area contributed by atoms with Gasteiger partial charge in [0.1, 0.15) is 0 Å². The Morgan fingerprint density at radius 2 is 2.17 bits per heavy atom. The predicted octanol–water partition coefficient (Wildman–Crippen LogP) is 2.89. The molecule has 0 amide bonds. The van der Waals surface area contributed by atoms with Gasteiger partial charge in [0.15, 0.2) is 6.04 Å². The van der Waals surface area contributed by atoms with E-state index in [0.29, 0.717) is 24.6 Å². The second-order valence-electron chi connectivity index (χ2n) is 6.47. The van der Waals surface area contributed by atoms with Crippen LogP contribution in [0.15, 0.2) is 17.1 Å². The number of aromatic nitrogens is 2. The minimum absolute atomic E-state index is 0.230. The summed E-state index contributed by atoms with van der Waals surface area (Å²) in [6, 6.07) is 0.891. The number of esters is 1. The molecule has 132 valence electrons. The lowest BCUT2D eigenvalue weighted by molar-refractivity contribution is -0.145. The topological polar surface area (TPSA) is 70.4 Å². The van der Waals surface area contributed by atoms with E-state index in [1.54, 1.807) is 18.4 Å². The zero-order valence-electron chi connectivity index (χ0n) is 14.8. The minimum Gasteiger partial charge on any atom is -0.501 e. The van der Waals surface area contributed by atoms with Crippen LogP contribution >= 0.6 is 0 Å². The van der Waals surface area contributed by atoms with Crippen molar-refractivity contribution >= 4 is 12.0 Å². The van der Waals surface area contributed by atoms with Gasteiger partial charge in [-0.1, -0.05) is 13.8 Å². The van der Waals surface area contributed by atoms with Gasteiger partial charge < -0.3 is 9.47 Å². The van der Waals surface area contributed by atoms with Crippen LogP contribution in [0.4, 0.5) is 0 Å². The Morgan fingerprint density at radius 3 is 2.71 bits per heavy atom. The van der Waals surface area contributed by atoms with Crippen molar-refractivity contribution in [3.8, 4) is 0 Å². The van der Waals surface area contributed by atoms with Crippen molar-refractivity contribution in [2.24, 2.45) is 5.92 Å². The molecule has 0 bridgehead atoms. The number of hydrogen-bond donors (Lipinski definition) is 0. The highest BCUT2D eigenvalue weighted by Gasteiger charge is 2.30. The Labute approximate surface area is 142 Å². The maximum atomic E-state index is 12.5. The number of carbonyl (C=O) groups excluding carboxylic acids is 1. The average Bonchev–Trinajstić information content (AvgIpc) is 3.38. The maximum absolute atomic E-state index is 12.5. The van der Waals surface area contributed by atoms with Crippen LogP contribution in [0.1, 0.15) is 63.3 Å². The predicted molar refractivity (Wildman–Crippen MR) is 91.6 cm³/mol. The van der Waals surface area contributed by atoms with Crippen molar-refractivity contribution in [1.29, 1.82) is 0 Å². The van der Waals surface area contributed by atoms with Crippen molar-refractivity contribution in [3.05, 3.63) is 33.9 Å². The standard InChI is InChI=1S/C18H26N2O4/c1-5-24-9-8-15-14(13-6-7-13)11-17(21)20(19-15)16(10-12(2)3)18(22)23-4/h8-9,11-13,16H,5-7,10H2,1-4H3/b9-8+/t16-/m0/s1. The number of ether oxygens (including phenoxy) is 2. The summed E-state index contributed by atoms with van der Waals surface area (Å²) < 4.78 is 11.4. The molecule has 6 nitrogen and oxygen atoms in total. The number of nitrogens with zero attached hydrogens (tertiary/aromatic N) is 2. The highest BCUT2D eigenvalue weighted by atomic mass is 16.5. The van der Waals surface area contributed by atoms with E-state index >= 15 is 0 Å². The average molecular weight is 334 g/mol. The van der Waals surface area contributed by atoms with Crippen molar-refractivity contribution < 1.29 is 14.3 Å². The fraction of sp³-hybridized carbons (Fsp3) is 0.611. The van der Waals surface area contributed by atoms with Crippen LogP contribution in [0.5, 0.6) is 0 Å². The Bertz CT molecular complexity index is 659. The van der Waals surface area contributed by atoms with Crippen LogP contribution in [0.2, 0.25) is 0 Å². The molecule has 1 saturated carbocycles. The van der Waals surface area contributed by atoms with Crippen LogP contribution in [0, 0.1) is 5.92 Å². The normalized spacial score (nSPS) is 15.7. The molecule has 0 radical (unpaired) electrons. The summed E-state index contributed by atoms with van der Waals surface area (Å²) in [4.78, 5) is 24.7. The Hall–Kier alpha value is -2.11. The van der Waals surface area contributed by atoms with E-state index in [4.69, 9.17) is 9.47 Å². The molecule has 0 N–H and O–H groups in total. The SMILES string of the molecule is CCO/C=C/c1nn([C@@H](CC(C)C)C(=O)OC)c(=O)cc1C1CC1. The zero-order valence-corrected chi connectivity index (χ0v) is 14.8. The molecule has 1 aromatic rings. The first-order valence-electron chi connectivity index (χ1n) is 8.47. The van der Waals surface area contributed by atoms with Crippen molar-refractivity contribution in [2.75, 3.05) is 13.7 Å². The molecular weight excluding hydrogens is 308 g/mol. The first-order chi connectivity index (χ1) is 11.5. The monoisotopic (exact) mass is 334 g/mol. The second-order valence-corrected chi connectivity index (χ2v) is 6.47. The van der Waals surface area contributed by atoms with Gasteiger partial charge in [0.05, 0.1) is 25.7 Å². The summed E-state index contributed by atoms with van der Waals surface area (Å²) in [5.41, 5.74) is 1.35. The molecule has 24 heavy (non-hydrogen) atoms. The summed E-state index contributed by atoms with van der Waals surface area (Å²) in [6.45, 7) is 6.45. The van der Waals surface area contributed by atoms with E-state index in [1.165, 1.54) is 11.8 Å². The van der Waals surface area contributed by atoms with Gasteiger partial charge in [0.2, 0.25) is 0 Å². The summed E-state index contributed by atoms with van der Waals surface area (Å²) in [5, 5.41) is 4.46. The van der Waals surface area contributed by atoms with Gasteiger partial charge in [-0.05, 0) is 43.6 Å². The number of hydrogen-bond acceptors (Lipinski definition) is 5. The van der Waals surface area contributed by atoms with Gasteiger partial charge in [-0.2, -0.15) is 5.10 Å². The van der Waals surface area contributed by atoms with E-state index in [1.807, 2.05) is 20.8 Å². The van der Waals surface area contributed by atoms with E-state index < -0.39 is 12.0 Å². The fourth-order valence-electron chi connectivity index (χ4n) is 2.66. The summed E-state index contributed by atoms with van der Waals surface area (Å²) in [7, 11) is 1.33. The molecule has 1 fully saturated rings. The van der Waals surface area contributed by atoms with Crippen LogP contribution in [-0.2, 0) is 14.3 Å². The summed E-state index contributed by atoms with van der Waals surface area (Å²) in [6.07, 6.45) is 5.96. The molecule has 1 aliphatic rings. The third-order valence-corrected chi connectivity index (χ3v) is 3.99. The number of carbonyl (C=O) groups is 1.